The summed E-state index contributed by atoms with van der Waals surface area (Å²) in [7, 11) is 3.39. The first-order valence-corrected chi connectivity index (χ1v) is 5.50. The van der Waals surface area contributed by atoms with Gasteiger partial charge in [0.2, 0.25) is 0 Å². The molecule has 5 heteroatoms. The molecule has 0 bridgehead atoms. The number of hydrogen-bond donors (Lipinski definition) is 1. The molecule has 17 heavy (non-hydrogen) atoms. The van der Waals surface area contributed by atoms with E-state index in [1.165, 1.54) is 6.07 Å². The number of nitrogens with one attached hydrogen (secondary N) is 1. The number of rotatable bonds is 5. The molecule has 0 aliphatic carbocycles. The summed E-state index contributed by atoms with van der Waals surface area (Å²) < 4.78 is 5.11. The smallest absolute Gasteiger partial charge is 0.273 e. The zero-order chi connectivity index (χ0) is 13.0. The zero-order valence-corrected chi connectivity index (χ0v) is 10.6. The number of ether oxygens (including phenoxy) is 1. The predicted octanol–water partition coefficient (Wildman–Crippen LogP) is 2.31. The Morgan fingerprint density at radius 2 is 2.06 bits per heavy atom. The van der Waals surface area contributed by atoms with Crippen LogP contribution in [0.5, 0.6) is 5.75 Å². The number of likely N-dealkylation sites (N-methyl/N-ethyl adjacent to an activating group) is 1. The van der Waals surface area contributed by atoms with Gasteiger partial charge in [0.1, 0.15) is 5.75 Å². The first-order chi connectivity index (χ1) is 8.01. The van der Waals surface area contributed by atoms with Crippen molar-refractivity contribution >= 4 is 5.69 Å². The lowest BCUT2D eigenvalue weighted by molar-refractivity contribution is -0.385. The molecule has 0 amide bonds. The number of nitrogens with zero attached hydrogens (tertiary/aromatic N) is 1. The largest absolute Gasteiger partial charge is 0.497 e. The fourth-order valence-corrected chi connectivity index (χ4v) is 1.71. The maximum atomic E-state index is 11.0. The van der Waals surface area contributed by atoms with E-state index in [1.807, 2.05) is 20.9 Å². The fourth-order valence-electron chi connectivity index (χ4n) is 1.71. The van der Waals surface area contributed by atoms with Gasteiger partial charge in [-0.1, -0.05) is 6.92 Å². The van der Waals surface area contributed by atoms with Gasteiger partial charge < -0.3 is 10.1 Å². The van der Waals surface area contributed by atoms with Crippen LogP contribution in [-0.4, -0.2) is 25.1 Å². The van der Waals surface area contributed by atoms with Crippen LogP contribution in [0.1, 0.15) is 25.3 Å². The average molecular weight is 238 g/mol. The summed E-state index contributed by atoms with van der Waals surface area (Å²) in [5, 5.41) is 14.1. The minimum absolute atomic E-state index is 0.0375. The molecule has 0 aliphatic heterocycles. The molecule has 5 nitrogen and oxygen atoms in total. The van der Waals surface area contributed by atoms with E-state index in [1.54, 1.807) is 19.2 Å². The van der Waals surface area contributed by atoms with Crippen LogP contribution < -0.4 is 10.1 Å². The third-order valence-corrected chi connectivity index (χ3v) is 3.13. The summed E-state index contributed by atoms with van der Waals surface area (Å²) in [6.45, 7) is 3.96. The van der Waals surface area contributed by atoms with Crippen molar-refractivity contribution in [2.24, 2.45) is 0 Å². The third-order valence-electron chi connectivity index (χ3n) is 3.13. The quantitative estimate of drug-likeness (QED) is 0.631. The van der Waals surface area contributed by atoms with E-state index in [2.05, 4.69) is 5.32 Å². The summed E-state index contributed by atoms with van der Waals surface area (Å²) in [5.41, 5.74) is 0.830. The SMILES string of the molecule is CNC(C)C(C)c1cc(OC)ccc1[N+](=O)[O-]. The lowest BCUT2D eigenvalue weighted by Crippen LogP contribution is -2.27. The maximum Gasteiger partial charge on any atom is 0.273 e. The first-order valence-electron chi connectivity index (χ1n) is 5.50. The van der Waals surface area contributed by atoms with Gasteiger partial charge in [-0.2, -0.15) is 0 Å². The first kappa shape index (κ1) is 13.4. The molecule has 1 aromatic rings. The van der Waals surface area contributed by atoms with E-state index in [0.29, 0.717) is 11.3 Å². The highest BCUT2D eigenvalue weighted by Crippen LogP contribution is 2.31. The Hall–Kier alpha value is -1.62. The van der Waals surface area contributed by atoms with Crippen LogP contribution in [0.2, 0.25) is 0 Å². The Morgan fingerprint density at radius 1 is 1.41 bits per heavy atom. The molecule has 2 atom stereocenters. The van der Waals surface area contributed by atoms with Gasteiger partial charge in [-0.05, 0) is 26.1 Å². The Morgan fingerprint density at radius 3 is 2.53 bits per heavy atom. The normalized spacial score (nSPS) is 14.1. The van der Waals surface area contributed by atoms with E-state index >= 15 is 0 Å². The van der Waals surface area contributed by atoms with Crippen LogP contribution in [0.25, 0.3) is 0 Å². The van der Waals surface area contributed by atoms with Crippen LogP contribution in [0, 0.1) is 10.1 Å². The van der Waals surface area contributed by atoms with Crippen molar-refractivity contribution in [3.8, 4) is 5.75 Å². The molecule has 0 saturated carbocycles. The van der Waals surface area contributed by atoms with Crippen LogP contribution in [0.3, 0.4) is 0 Å². The Labute approximate surface area is 101 Å². The predicted molar refractivity (Wildman–Crippen MR) is 66.6 cm³/mol. The summed E-state index contributed by atoms with van der Waals surface area (Å²) in [5.74, 6) is 0.677. The zero-order valence-electron chi connectivity index (χ0n) is 10.6. The summed E-state index contributed by atoms with van der Waals surface area (Å²) in [6, 6.07) is 4.99. The van der Waals surface area contributed by atoms with Gasteiger partial charge in [0.15, 0.2) is 0 Å². The highest BCUT2D eigenvalue weighted by atomic mass is 16.6. The summed E-state index contributed by atoms with van der Waals surface area (Å²) >= 11 is 0. The molecular weight excluding hydrogens is 220 g/mol. The van der Waals surface area contributed by atoms with Crippen molar-refractivity contribution < 1.29 is 9.66 Å². The molecule has 1 N–H and O–H groups in total. The van der Waals surface area contributed by atoms with Crippen molar-refractivity contribution in [1.82, 2.24) is 5.32 Å². The summed E-state index contributed by atoms with van der Waals surface area (Å²) in [6.07, 6.45) is 0. The van der Waals surface area contributed by atoms with Gasteiger partial charge in [0.05, 0.1) is 12.0 Å². The molecule has 1 aromatic carbocycles. The third kappa shape index (κ3) is 2.94. The minimum Gasteiger partial charge on any atom is -0.497 e. The number of nitro benzene ring substituents is 1. The lowest BCUT2D eigenvalue weighted by atomic mass is 9.93. The van der Waals surface area contributed by atoms with Gasteiger partial charge in [0.25, 0.3) is 5.69 Å². The fraction of sp³-hybridized carbons (Fsp3) is 0.500. The Balaban J connectivity index is 3.21. The number of nitro groups is 1. The average Bonchev–Trinajstić information content (AvgIpc) is 2.35. The molecule has 2 unspecified atom stereocenters. The molecule has 0 heterocycles. The van der Waals surface area contributed by atoms with Crippen LogP contribution in [0.15, 0.2) is 18.2 Å². The minimum atomic E-state index is -0.354. The number of methoxy groups -OCH3 is 1. The Bertz CT molecular complexity index is 407. The molecule has 1 rings (SSSR count). The van der Waals surface area contributed by atoms with Gasteiger partial charge in [0, 0.05) is 23.6 Å². The van der Waals surface area contributed by atoms with Crippen LogP contribution >= 0.6 is 0 Å². The van der Waals surface area contributed by atoms with Crippen molar-refractivity contribution in [1.29, 1.82) is 0 Å². The van der Waals surface area contributed by atoms with E-state index in [-0.39, 0.29) is 22.6 Å². The molecule has 94 valence electrons. The molecule has 0 fully saturated rings. The van der Waals surface area contributed by atoms with Gasteiger partial charge in [-0.3, -0.25) is 10.1 Å². The maximum absolute atomic E-state index is 11.0. The topological polar surface area (TPSA) is 64.4 Å². The highest BCUT2D eigenvalue weighted by Gasteiger charge is 2.23. The van der Waals surface area contributed by atoms with E-state index in [0.717, 1.165) is 0 Å². The molecule has 0 saturated heterocycles. The van der Waals surface area contributed by atoms with Crippen molar-refractivity contribution in [2.75, 3.05) is 14.2 Å². The number of benzene rings is 1. The van der Waals surface area contributed by atoms with Gasteiger partial charge in [-0.15, -0.1) is 0 Å². The van der Waals surface area contributed by atoms with Crippen molar-refractivity contribution in [3.63, 3.8) is 0 Å². The molecule has 0 aliphatic rings. The van der Waals surface area contributed by atoms with E-state index < -0.39 is 0 Å². The van der Waals surface area contributed by atoms with Crippen molar-refractivity contribution in [3.05, 3.63) is 33.9 Å². The molecular formula is C12H18N2O3. The second-order valence-electron chi connectivity index (χ2n) is 4.05. The van der Waals surface area contributed by atoms with Gasteiger partial charge in [-0.25, -0.2) is 0 Å². The molecule has 0 aromatic heterocycles. The second-order valence-corrected chi connectivity index (χ2v) is 4.05. The van der Waals surface area contributed by atoms with E-state index in [9.17, 15) is 10.1 Å². The Kier molecular flexibility index (Phi) is 4.45. The summed E-state index contributed by atoms with van der Waals surface area (Å²) in [4.78, 5) is 10.6. The highest BCUT2D eigenvalue weighted by molar-refractivity contribution is 5.47. The molecule has 0 spiro atoms. The van der Waals surface area contributed by atoms with Gasteiger partial charge >= 0.3 is 0 Å². The standard InChI is InChI=1S/C12H18N2O3/c1-8(9(2)13-3)11-7-10(17-4)5-6-12(11)14(15)16/h5-9,13H,1-4H3. The lowest BCUT2D eigenvalue weighted by Gasteiger charge is -2.20. The van der Waals surface area contributed by atoms with Crippen molar-refractivity contribution in [2.45, 2.75) is 25.8 Å². The molecule has 0 radical (unpaired) electrons. The van der Waals surface area contributed by atoms with Crippen LogP contribution in [-0.2, 0) is 0 Å². The van der Waals surface area contributed by atoms with Crippen LogP contribution in [0.4, 0.5) is 5.69 Å². The number of hydrogen-bond acceptors (Lipinski definition) is 4. The van der Waals surface area contributed by atoms with E-state index in [4.69, 9.17) is 4.74 Å². The monoisotopic (exact) mass is 238 g/mol. The second kappa shape index (κ2) is 5.63.